The molecule has 3 heteroatoms. The van der Waals surface area contributed by atoms with Crippen molar-refractivity contribution < 1.29 is 5.11 Å². The van der Waals surface area contributed by atoms with Crippen LogP contribution in [-0.2, 0) is 0 Å². The molecular formula is C18H38ClNO. The monoisotopic (exact) mass is 319 g/mol. The number of aliphatic hydroxyl groups excluding tert-OH is 1. The zero-order valence-corrected chi connectivity index (χ0v) is 15.5. The summed E-state index contributed by atoms with van der Waals surface area (Å²) in [5.41, 5.74) is 0. The van der Waals surface area contributed by atoms with Gasteiger partial charge < -0.3 is 10.0 Å². The van der Waals surface area contributed by atoms with Gasteiger partial charge >= 0.3 is 0 Å². The van der Waals surface area contributed by atoms with E-state index in [9.17, 15) is 5.11 Å². The average Bonchev–Trinajstić information content (AvgIpc) is 2.43. The van der Waals surface area contributed by atoms with E-state index in [1.165, 1.54) is 38.5 Å². The van der Waals surface area contributed by atoms with Crippen molar-refractivity contribution in [1.29, 1.82) is 0 Å². The molecule has 0 bridgehead atoms. The summed E-state index contributed by atoms with van der Waals surface area (Å²) in [6, 6.07) is 0.419. The van der Waals surface area contributed by atoms with Crippen molar-refractivity contribution in [3.05, 3.63) is 0 Å². The first-order valence-corrected chi connectivity index (χ1v) is 9.54. The van der Waals surface area contributed by atoms with Gasteiger partial charge in [0.2, 0.25) is 0 Å². The van der Waals surface area contributed by atoms with Crippen LogP contribution >= 0.6 is 11.6 Å². The number of unbranched alkanes of at least 4 members (excludes halogenated alkanes) is 5. The lowest BCUT2D eigenvalue weighted by Crippen LogP contribution is -2.38. The van der Waals surface area contributed by atoms with Crippen LogP contribution in [-0.4, -0.2) is 40.6 Å². The number of halogens is 1. The molecule has 3 unspecified atom stereocenters. The lowest BCUT2D eigenvalue weighted by Gasteiger charge is -2.32. The van der Waals surface area contributed by atoms with Gasteiger partial charge in [-0.25, -0.2) is 0 Å². The van der Waals surface area contributed by atoms with Crippen molar-refractivity contribution in [2.24, 2.45) is 0 Å². The first kappa shape index (κ1) is 21.2. The van der Waals surface area contributed by atoms with E-state index in [1.54, 1.807) is 0 Å². The quantitative estimate of drug-likeness (QED) is 0.350. The number of nitrogens with zero attached hydrogens (tertiary/aromatic N) is 1. The number of alkyl halides is 1. The second kappa shape index (κ2) is 13.8. The Labute approximate surface area is 138 Å². The minimum absolute atomic E-state index is 0.242. The van der Waals surface area contributed by atoms with E-state index in [1.807, 2.05) is 6.92 Å². The molecule has 0 heterocycles. The van der Waals surface area contributed by atoms with Gasteiger partial charge in [-0.05, 0) is 39.3 Å². The van der Waals surface area contributed by atoms with Gasteiger partial charge in [-0.15, -0.1) is 11.6 Å². The summed E-state index contributed by atoms with van der Waals surface area (Å²) in [7, 11) is 0. The highest BCUT2D eigenvalue weighted by molar-refractivity contribution is 6.20. The highest BCUT2D eigenvalue weighted by atomic mass is 35.5. The van der Waals surface area contributed by atoms with Gasteiger partial charge in [0.15, 0.2) is 0 Å². The minimum Gasteiger partial charge on any atom is -0.393 e. The molecule has 3 atom stereocenters. The summed E-state index contributed by atoms with van der Waals surface area (Å²) in [5.74, 6) is 0. The fourth-order valence-electron chi connectivity index (χ4n) is 3.09. The maximum Gasteiger partial charge on any atom is 0.0527 e. The van der Waals surface area contributed by atoms with Crippen LogP contribution in [0.2, 0.25) is 0 Å². The van der Waals surface area contributed by atoms with Crippen LogP contribution in [0.25, 0.3) is 0 Å². The standard InChI is InChI=1S/C18H38ClNO/c1-5-8-9-10-11-12-13-17(19)15-18(14-16(4)21)20(6-2)7-3/h16-18,21H,5-15H2,1-4H3. The fraction of sp³-hybridized carbons (Fsp3) is 1.00. The van der Waals surface area contributed by atoms with Crippen LogP contribution in [0.5, 0.6) is 0 Å². The van der Waals surface area contributed by atoms with Gasteiger partial charge in [0.1, 0.15) is 0 Å². The van der Waals surface area contributed by atoms with E-state index in [0.717, 1.165) is 32.4 Å². The number of rotatable bonds is 14. The third-order valence-corrected chi connectivity index (χ3v) is 4.74. The van der Waals surface area contributed by atoms with Gasteiger partial charge in [0.25, 0.3) is 0 Å². The Morgan fingerprint density at radius 1 is 0.905 bits per heavy atom. The van der Waals surface area contributed by atoms with Crippen molar-refractivity contribution in [3.8, 4) is 0 Å². The maximum atomic E-state index is 9.70. The van der Waals surface area contributed by atoms with E-state index in [2.05, 4.69) is 25.7 Å². The predicted octanol–water partition coefficient (Wildman–Crippen LogP) is 5.22. The highest BCUT2D eigenvalue weighted by Gasteiger charge is 2.21. The average molecular weight is 320 g/mol. The molecule has 0 rings (SSSR count). The van der Waals surface area contributed by atoms with Crippen LogP contribution in [0.1, 0.15) is 85.5 Å². The molecule has 0 aliphatic carbocycles. The number of hydrogen-bond acceptors (Lipinski definition) is 2. The Kier molecular flexibility index (Phi) is 14.0. The molecule has 128 valence electrons. The van der Waals surface area contributed by atoms with Crippen molar-refractivity contribution in [2.75, 3.05) is 13.1 Å². The van der Waals surface area contributed by atoms with Gasteiger partial charge in [-0.3, -0.25) is 0 Å². The fourth-order valence-corrected chi connectivity index (χ4v) is 3.45. The predicted molar refractivity (Wildman–Crippen MR) is 95.3 cm³/mol. The van der Waals surface area contributed by atoms with E-state index in [-0.39, 0.29) is 11.5 Å². The lowest BCUT2D eigenvalue weighted by atomic mass is 9.99. The molecule has 0 radical (unpaired) electrons. The zero-order valence-electron chi connectivity index (χ0n) is 14.8. The van der Waals surface area contributed by atoms with Crippen LogP contribution in [0.3, 0.4) is 0 Å². The SMILES string of the molecule is CCCCCCCCC(Cl)CC(CC(C)O)N(CC)CC. The topological polar surface area (TPSA) is 23.5 Å². The van der Waals surface area contributed by atoms with Crippen LogP contribution < -0.4 is 0 Å². The largest absolute Gasteiger partial charge is 0.393 e. The Morgan fingerprint density at radius 2 is 1.48 bits per heavy atom. The number of hydrogen-bond donors (Lipinski definition) is 1. The molecule has 1 N–H and O–H groups in total. The van der Waals surface area contributed by atoms with Gasteiger partial charge in [0.05, 0.1) is 6.10 Å². The van der Waals surface area contributed by atoms with Crippen LogP contribution in [0.15, 0.2) is 0 Å². The summed E-state index contributed by atoms with van der Waals surface area (Å²) >= 11 is 6.55. The molecule has 0 saturated carbocycles. The van der Waals surface area contributed by atoms with E-state index in [4.69, 9.17) is 11.6 Å². The molecule has 0 aromatic rings. The summed E-state index contributed by atoms with van der Waals surface area (Å²) in [6.45, 7) is 10.6. The summed E-state index contributed by atoms with van der Waals surface area (Å²) in [4.78, 5) is 2.43. The highest BCUT2D eigenvalue weighted by Crippen LogP contribution is 2.21. The van der Waals surface area contributed by atoms with Crippen molar-refractivity contribution >= 4 is 11.6 Å². The summed E-state index contributed by atoms with van der Waals surface area (Å²) in [6.07, 6.45) is 10.7. The Hall–Kier alpha value is 0.210. The first-order valence-electron chi connectivity index (χ1n) is 9.11. The maximum absolute atomic E-state index is 9.70. The Morgan fingerprint density at radius 3 is 2.00 bits per heavy atom. The molecule has 0 aliphatic heterocycles. The molecule has 0 fully saturated rings. The molecule has 0 aromatic heterocycles. The molecule has 0 aromatic carbocycles. The third-order valence-electron chi connectivity index (χ3n) is 4.34. The Balaban J connectivity index is 4.00. The van der Waals surface area contributed by atoms with Crippen molar-refractivity contribution in [3.63, 3.8) is 0 Å². The molecule has 21 heavy (non-hydrogen) atoms. The van der Waals surface area contributed by atoms with Crippen molar-refractivity contribution in [1.82, 2.24) is 4.90 Å². The second-order valence-electron chi connectivity index (χ2n) is 6.35. The third kappa shape index (κ3) is 11.4. The van der Waals surface area contributed by atoms with Gasteiger partial charge in [-0.1, -0.05) is 59.3 Å². The minimum atomic E-state index is -0.242. The lowest BCUT2D eigenvalue weighted by molar-refractivity contribution is 0.112. The molecule has 2 nitrogen and oxygen atoms in total. The van der Waals surface area contributed by atoms with E-state index in [0.29, 0.717) is 6.04 Å². The van der Waals surface area contributed by atoms with Gasteiger partial charge in [-0.2, -0.15) is 0 Å². The smallest absolute Gasteiger partial charge is 0.0527 e. The molecule has 0 spiro atoms. The first-order chi connectivity index (χ1) is 10.0. The van der Waals surface area contributed by atoms with E-state index < -0.39 is 0 Å². The number of aliphatic hydroxyl groups is 1. The molecule has 0 saturated heterocycles. The van der Waals surface area contributed by atoms with Crippen molar-refractivity contribution in [2.45, 2.75) is 103 Å². The van der Waals surface area contributed by atoms with E-state index >= 15 is 0 Å². The van der Waals surface area contributed by atoms with Crippen LogP contribution in [0, 0.1) is 0 Å². The molecule has 0 aliphatic rings. The summed E-state index contributed by atoms with van der Waals surface area (Å²) in [5, 5.41) is 9.95. The Bertz CT molecular complexity index is 219. The second-order valence-corrected chi connectivity index (χ2v) is 6.97. The zero-order chi connectivity index (χ0) is 16.1. The summed E-state index contributed by atoms with van der Waals surface area (Å²) < 4.78 is 0. The molecular weight excluding hydrogens is 282 g/mol. The molecule has 0 amide bonds. The normalized spacial score (nSPS) is 16.1. The van der Waals surface area contributed by atoms with Crippen LogP contribution in [0.4, 0.5) is 0 Å². The van der Waals surface area contributed by atoms with Gasteiger partial charge in [0, 0.05) is 11.4 Å².